The fourth-order valence-corrected chi connectivity index (χ4v) is 3.48. The number of alkyl halides is 3. The standard InChI is InChI=1S/C20H17Cl2F3N2O3/c21-14-3-6-16(17(22)11-14)19(29)27-9-7-26(8-10-27)18(28)13-1-4-15(5-2-13)30-12-20(23,24)25/h1-6,11H,7-10,12H2. The van der Waals surface area contributed by atoms with Crippen molar-refractivity contribution < 1.29 is 27.5 Å². The van der Waals surface area contributed by atoms with Gasteiger partial charge in [-0.15, -0.1) is 0 Å². The first-order chi connectivity index (χ1) is 14.1. The molecule has 10 heteroatoms. The van der Waals surface area contributed by atoms with Crippen molar-refractivity contribution in [3.63, 3.8) is 0 Å². The van der Waals surface area contributed by atoms with Crippen LogP contribution in [0.4, 0.5) is 13.2 Å². The summed E-state index contributed by atoms with van der Waals surface area (Å²) in [4.78, 5) is 28.5. The maximum absolute atomic E-state index is 12.6. The van der Waals surface area contributed by atoms with Crippen molar-refractivity contribution in [3.05, 3.63) is 63.6 Å². The van der Waals surface area contributed by atoms with Gasteiger partial charge in [-0.1, -0.05) is 23.2 Å². The van der Waals surface area contributed by atoms with Crippen molar-refractivity contribution in [3.8, 4) is 5.75 Å². The summed E-state index contributed by atoms with van der Waals surface area (Å²) in [5.74, 6) is -0.483. The number of nitrogens with zero attached hydrogens (tertiary/aromatic N) is 2. The van der Waals surface area contributed by atoms with E-state index in [4.69, 9.17) is 23.2 Å². The summed E-state index contributed by atoms with van der Waals surface area (Å²) in [7, 11) is 0. The minimum absolute atomic E-state index is 0.0270. The summed E-state index contributed by atoms with van der Waals surface area (Å²) < 4.78 is 41.2. The monoisotopic (exact) mass is 460 g/mol. The maximum atomic E-state index is 12.6. The van der Waals surface area contributed by atoms with E-state index in [1.807, 2.05) is 0 Å². The smallest absolute Gasteiger partial charge is 0.422 e. The average molecular weight is 461 g/mol. The topological polar surface area (TPSA) is 49.9 Å². The SMILES string of the molecule is O=C(c1ccc(OCC(F)(F)F)cc1)N1CCN(C(=O)c2ccc(Cl)cc2Cl)CC1. The Balaban J connectivity index is 1.56. The zero-order chi connectivity index (χ0) is 21.9. The lowest BCUT2D eigenvalue weighted by Crippen LogP contribution is -2.50. The summed E-state index contributed by atoms with van der Waals surface area (Å²) in [5.41, 5.74) is 0.671. The van der Waals surface area contributed by atoms with Crippen LogP contribution in [0.15, 0.2) is 42.5 Å². The largest absolute Gasteiger partial charge is 0.484 e. The van der Waals surface area contributed by atoms with E-state index in [-0.39, 0.29) is 22.6 Å². The second-order valence-electron chi connectivity index (χ2n) is 6.64. The van der Waals surface area contributed by atoms with Gasteiger partial charge in [-0.3, -0.25) is 9.59 Å². The van der Waals surface area contributed by atoms with Crippen LogP contribution in [-0.2, 0) is 0 Å². The van der Waals surface area contributed by atoms with E-state index in [1.165, 1.54) is 30.3 Å². The van der Waals surface area contributed by atoms with E-state index in [0.717, 1.165) is 0 Å². The molecule has 1 heterocycles. The maximum Gasteiger partial charge on any atom is 0.422 e. The number of hydrogen-bond acceptors (Lipinski definition) is 3. The molecule has 160 valence electrons. The lowest BCUT2D eigenvalue weighted by Gasteiger charge is -2.35. The van der Waals surface area contributed by atoms with Crippen LogP contribution in [0.1, 0.15) is 20.7 Å². The molecule has 1 aliphatic heterocycles. The molecular formula is C20H17Cl2F3N2O3. The Labute approximate surface area is 180 Å². The van der Waals surface area contributed by atoms with E-state index in [1.54, 1.807) is 21.9 Å². The molecule has 0 atom stereocenters. The van der Waals surface area contributed by atoms with Crippen LogP contribution in [0.2, 0.25) is 10.0 Å². The number of carbonyl (C=O) groups excluding carboxylic acids is 2. The molecule has 0 N–H and O–H groups in total. The molecule has 0 bridgehead atoms. The number of piperazine rings is 1. The molecule has 30 heavy (non-hydrogen) atoms. The van der Waals surface area contributed by atoms with Gasteiger partial charge in [0.05, 0.1) is 10.6 Å². The van der Waals surface area contributed by atoms with E-state index in [2.05, 4.69) is 4.74 Å². The Hall–Kier alpha value is -2.45. The number of benzene rings is 2. The zero-order valence-electron chi connectivity index (χ0n) is 15.6. The summed E-state index contributed by atoms with van der Waals surface area (Å²) in [5, 5.41) is 0.695. The molecule has 0 unspecified atom stereocenters. The van der Waals surface area contributed by atoms with Crippen LogP contribution >= 0.6 is 23.2 Å². The highest BCUT2D eigenvalue weighted by atomic mass is 35.5. The van der Waals surface area contributed by atoms with E-state index in [0.29, 0.717) is 42.3 Å². The van der Waals surface area contributed by atoms with Gasteiger partial charge in [-0.05, 0) is 42.5 Å². The minimum Gasteiger partial charge on any atom is -0.484 e. The van der Waals surface area contributed by atoms with E-state index in [9.17, 15) is 22.8 Å². The van der Waals surface area contributed by atoms with Crippen molar-refractivity contribution in [2.24, 2.45) is 0 Å². The molecule has 1 fully saturated rings. The molecule has 5 nitrogen and oxygen atoms in total. The highest BCUT2D eigenvalue weighted by molar-refractivity contribution is 6.36. The third kappa shape index (κ3) is 5.58. The number of halogens is 5. The molecule has 0 aliphatic carbocycles. The quantitative estimate of drug-likeness (QED) is 0.673. The third-order valence-electron chi connectivity index (χ3n) is 4.52. The Morgan fingerprint density at radius 2 is 1.47 bits per heavy atom. The summed E-state index contributed by atoms with van der Waals surface area (Å²) in [6, 6.07) is 10.1. The molecule has 2 aromatic rings. The summed E-state index contributed by atoms with van der Waals surface area (Å²) >= 11 is 11.9. The molecule has 1 aliphatic rings. The van der Waals surface area contributed by atoms with Crippen molar-refractivity contribution in [1.82, 2.24) is 9.80 Å². The lowest BCUT2D eigenvalue weighted by atomic mass is 10.1. The van der Waals surface area contributed by atoms with Crippen LogP contribution in [0.3, 0.4) is 0 Å². The first kappa shape index (κ1) is 22.2. The molecule has 2 amide bonds. The number of hydrogen-bond donors (Lipinski definition) is 0. The van der Waals surface area contributed by atoms with Crippen molar-refractivity contribution in [2.75, 3.05) is 32.8 Å². The predicted molar refractivity (Wildman–Crippen MR) is 106 cm³/mol. The normalized spacial score (nSPS) is 14.6. The van der Waals surface area contributed by atoms with Gasteiger partial charge in [0.25, 0.3) is 11.8 Å². The molecule has 0 saturated carbocycles. The number of amides is 2. The van der Waals surface area contributed by atoms with Crippen molar-refractivity contribution >= 4 is 35.0 Å². The molecule has 0 spiro atoms. The van der Waals surface area contributed by atoms with Crippen LogP contribution in [0, 0.1) is 0 Å². The minimum atomic E-state index is -4.43. The first-order valence-electron chi connectivity index (χ1n) is 8.97. The fraction of sp³-hybridized carbons (Fsp3) is 0.300. The Morgan fingerprint density at radius 3 is 2.00 bits per heavy atom. The van der Waals surface area contributed by atoms with Crippen LogP contribution in [0.25, 0.3) is 0 Å². The second kappa shape index (κ2) is 9.14. The highest BCUT2D eigenvalue weighted by Crippen LogP contribution is 2.23. The molecule has 1 saturated heterocycles. The third-order valence-corrected chi connectivity index (χ3v) is 5.07. The van der Waals surface area contributed by atoms with Gasteiger partial charge in [-0.2, -0.15) is 13.2 Å². The molecule has 0 radical (unpaired) electrons. The Bertz CT molecular complexity index is 928. The van der Waals surface area contributed by atoms with Crippen molar-refractivity contribution in [1.29, 1.82) is 0 Å². The van der Waals surface area contributed by atoms with E-state index < -0.39 is 12.8 Å². The molecule has 3 rings (SSSR count). The Morgan fingerprint density at radius 1 is 0.900 bits per heavy atom. The van der Waals surface area contributed by atoms with Gasteiger partial charge in [0.1, 0.15) is 5.75 Å². The van der Waals surface area contributed by atoms with Gasteiger partial charge >= 0.3 is 6.18 Å². The van der Waals surface area contributed by atoms with Gasteiger partial charge in [0.15, 0.2) is 6.61 Å². The van der Waals surface area contributed by atoms with Crippen LogP contribution < -0.4 is 4.74 Å². The lowest BCUT2D eigenvalue weighted by molar-refractivity contribution is -0.153. The van der Waals surface area contributed by atoms with Gasteiger partial charge in [0.2, 0.25) is 0 Å². The molecule has 0 aromatic heterocycles. The summed E-state index contributed by atoms with van der Waals surface area (Å²) in [6.45, 7) is -0.0925. The Kier molecular flexibility index (Phi) is 6.77. The van der Waals surface area contributed by atoms with Gasteiger partial charge in [-0.25, -0.2) is 0 Å². The first-order valence-corrected chi connectivity index (χ1v) is 9.73. The predicted octanol–water partition coefficient (Wildman–Crippen LogP) is 4.53. The number of ether oxygens (including phenoxy) is 1. The zero-order valence-corrected chi connectivity index (χ0v) is 17.1. The van der Waals surface area contributed by atoms with Crippen LogP contribution in [-0.4, -0.2) is 60.6 Å². The van der Waals surface area contributed by atoms with E-state index >= 15 is 0 Å². The molecule has 2 aromatic carbocycles. The summed E-state index contributed by atoms with van der Waals surface area (Å²) in [6.07, 6.45) is -4.43. The van der Waals surface area contributed by atoms with Gasteiger partial charge < -0.3 is 14.5 Å². The van der Waals surface area contributed by atoms with Crippen LogP contribution in [0.5, 0.6) is 5.75 Å². The highest BCUT2D eigenvalue weighted by Gasteiger charge is 2.29. The number of carbonyl (C=O) groups is 2. The second-order valence-corrected chi connectivity index (χ2v) is 7.48. The average Bonchev–Trinajstić information content (AvgIpc) is 2.71. The van der Waals surface area contributed by atoms with Gasteiger partial charge in [0, 0.05) is 36.8 Å². The molecular weight excluding hydrogens is 444 g/mol. The van der Waals surface area contributed by atoms with Crippen molar-refractivity contribution in [2.45, 2.75) is 6.18 Å². The number of rotatable bonds is 4. The fourth-order valence-electron chi connectivity index (χ4n) is 2.99.